The van der Waals surface area contributed by atoms with Gasteiger partial charge in [0, 0.05) is 17.2 Å². The van der Waals surface area contributed by atoms with Crippen molar-refractivity contribution in [2.45, 2.75) is 20.4 Å². The lowest BCUT2D eigenvalue weighted by Gasteiger charge is -2.32. The van der Waals surface area contributed by atoms with E-state index in [1.54, 1.807) is 13.2 Å². The Bertz CT molecular complexity index is 821. The van der Waals surface area contributed by atoms with Crippen LogP contribution in [-0.2, 0) is 11.3 Å². The maximum absolute atomic E-state index is 12.6. The van der Waals surface area contributed by atoms with Crippen molar-refractivity contribution in [3.8, 4) is 5.75 Å². The van der Waals surface area contributed by atoms with E-state index in [4.69, 9.17) is 4.74 Å². The minimum absolute atomic E-state index is 0.0773. The number of hydrogen-bond donors (Lipinski definition) is 1. The Morgan fingerprint density at radius 2 is 1.89 bits per heavy atom. The summed E-state index contributed by atoms with van der Waals surface area (Å²) in [6.45, 7) is 8.81. The van der Waals surface area contributed by atoms with Gasteiger partial charge in [-0.15, -0.1) is 0 Å². The molecule has 0 atom stereocenters. The highest BCUT2D eigenvalue weighted by molar-refractivity contribution is 5.92. The van der Waals surface area contributed by atoms with Crippen LogP contribution in [0, 0.1) is 13.8 Å². The number of carbonyl (C=O) groups excluding carboxylic acids is 1. The van der Waals surface area contributed by atoms with E-state index in [0.29, 0.717) is 0 Å². The van der Waals surface area contributed by atoms with Crippen LogP contribution in [0.15, 0.2) is 48.5 Å². The Morgan fingerprint density at radius 3 is 2.59 bits per heavy atom. The summed E-state index contributed by atoms with van der Waals surface area (Å²) in [5, 5.41) is 0. The van der Waals surface area contributed by atoms with Crippen molar-refractivity contribution >= 4 is 12.0 Å². The molecule has 0 unspecified atom stereocenters. The molecule has 1 N–H and O–H groups in total. The molecule has 0 spiro atoms. The second-order valence-electron chi connectivity index (χ2n) is 7.26. The largest absolute Gasteiger partial charge is 0.496 e. The van der Waals surface area contributed by atoms with Crippen molar-refractivity contribution in [3.63, 3.8) is 0 Å². The normalized spacial score (nSPS) is 15.3. The summed E-state index contributed by atoms with van der Waals surface area (Å²) >= 11 is 0. The van der Waals surface area contributed by atoms with E-state index < -0.39 is 0 Å². The average molecular weight is 365 g/mol. The van der Waals surface area contributed by atoms with Gasteiger partial charge in [-0.05, 0) is 37.6 Å². The van der Waals surface area contributed by atoms with Crippen molar-refractivity contribution in [1.29, 1.82) is 0 Å². The summed E-state index contributed by atoms with van der Waals surface area (Å²) in [4.78, 5) is 16.0. The Morgan fingerprint density at radius 1 is 1.15 bits per heavy atom. The summed E-state index contributed by atoms with van der Waals surface area (Å²) in [5.74, 6) is 0.866. The zero-order valence-corrected chi connectivity index (χ0v) is 16.5. The summed E-state index contributed by atoms with van der Waals surface area (Å²) in [6.07, 6.45) is 3.53. The van der Waals surface area contributed by atoms with Crippen LogP contribution < -0.4 is 9.64 Å². The highest BCUT2D eigenvalue weighted by Crippen LogP contribution is 2.21. The van der Waals surface area contributed by atoms with Crippen LogP contribution in [0.4, 0.5) is 0 Å². The number of carbonyl (C=O) groups is 1. The number of nitrogens with zero attached hydrogens (tertiary/aromatic N) is 1. The Kier molecular flexibility index (Phi) is 6.30. The third-order valence-corrected chi connectivity index (χ3v) is 5.27. The fraction of sp³-hybridized carbons (Fsp3) is 0.348. The SMILES string of the molecule is COc1ccc(C)cc1/C=C/C(=O)N1CC[NH+](Cc2ccccc2C)CC1. The zero-order chi connectivity index (χ0) is 19.2. The molecule has 0 aromatic heterocycles. The number of hydrogen-bond acceptors (Lipinski definition) is 2. The maximum atomic E-state index is 12.6. The first kappa shape index (κ1) is 19.2. The minimum Gasteiger partial charge on any atom is -0.496 e. The molecule has 0 bridgehead atoms. The van der Waals surface area contributed by atoms with Crippen LogP contribution >= 0.6 is 0 Å². The molecule has 27 heavy (non-hydrogen) atoms. The topological polar surface area (TPSA) is 34.0 Å². The third-order valence-electron chi connectivity index (χ3n) is 5.27. The number of rotatable bonds is 5. The molecular weight excluding hydrogens is 336 g/mol. The Balaban J connectivity index is 1.56. The molecule has 3 rings (SSSR count). The van der Waals surface area contributed by atoms with Gasteiger partial charge in [0.1, 0.15) is 12.3 Å². The van der Waals surface area contributed by atoms with Gasteiger partial charge in [-0.1, -0.05) is 35.9 Å². The van der Waals surface area contributed by atoms with Gasteiger partial charge < -0.3 is 14.5 Å². The van der Waals surface area contributed by atoms with Gasteiger partial charge in [0.25, 0.3) is 0 Å². The van der Waals surface area contributed by atoms with Crippen LogP contribution in [0.25, 0.3) is 6.08 Å². The molecular formula is C23H29N2O2+. The Labute approximate surface area is 162 Å². The van der Waals surface area contributed by atoms with E-state index in [1.165, 1.54) is 16.0 Å². The molecule has 4 heteroatoms. The van der Waals surface area contributed by atoms with Crippen molar-refractivity contribution in [3.05, 3.63) is 70.8 Å². The molecule has 0 saturated carbocycles. The Hall–Kier alpha value is -2.59. The molecule has 0 radical (unpaired) electrons. The van der Waals surface area contributed by atoms with Gasteiger partial charge >= 0.3 is 0 Å². The molecule has 1 aliphatic heterocycles. The number of aryl methyl sites for hydroxylation is 2. The summed E-state index contributed by atoms with van der Waals surface area (Å²) in [6, 6.07) is 14.5. The molecule has 1 saturated heterocycles. The molecule has 0 aliphatic carbocycles. The predicted octanol–water partition coefficient (Wildman–Crippen LogP) is 2.25. The number of nitrogens with one attached hydrogen (secondary N) is 1. The van der Waals surface area contributed by atoms with Crippen molar-refractivity contribution in [2.75, 3.05) is 33.3 Å². The lowest BCUT2D eigenvalue weighted by molar-refractivity contribution is -0.917. The molecule has 2 aromatic carbocycles. The highest BCUT2D eigenvalue weighted by Gasteiger charge is 2.22. The second kappa shape index (κ2) is 8.87. The minimum atomic E-state index is 0.0773. The lowest BCUT2D eigenvalue weighted by atomic mass is 10.1. The number of benzene rings is 2. The molecule has 142 valence electrons. The van der Waals surface area contributed by atoms with Gasteiger partial charge in [-0.3, -0.25) is 4.79 Å². The van der Waals surface area contributed by atoms with Crippen LogP contribution in [0.5, 0.6) is 5.75 Å². The molecule has 1 amide bonds. The summed E-state index contributed by atoms with van der Waals surface area (Å²) in [7, 11) is 1.65. The molecule has 2 aromatic rings. The van der Waals surface area contributed by atoms with Gasteiger partial charge in [-0.2, -0.15) is 0 Å². The van der Waals surface area contributed by atoms with Crippen LogP contribution in [0.2, 0.25) is 0 Å². The molecule has 1 fully saturated rings. The van der Waals surface area contributed by atoms with Crippen molar-refractivity contribution in [2.24, 2.45) is 0 Å². The molecule has 1 aliphatic rings. The van der Waals surface area contributed by atoms with Crippen molar-refractivity contribution in [1.82, 2.24) is 4.90 Å². The molecule has 4 nitrogen and oxygen atoms in total. The number of ether oxygens (including phenoxy) is 1. The maximum Gasteiger partial charge on any atom is 0.246 e. The first-order valence-corrected chi connectivity index (χ1v) is 9.56. The van der Waals surface area contributed by atoms with E-state index in [9.17, 15) is 4.79 Å². The van der Waals surface area contributed by atoms with Crippen LogP contribution in [0.3, 0.4) is 0 Å². The summed E-state index contributed by atoms with van der Waals surface area (Å²) in [5.41, 5.74) is 4.84. The van der Waals surface area contributed by atoms with E-state index in [1.807, 2.05) is 36.1 Å². The van der Waals surface area contributed by atoms with Crippen molar-refractivity contribution < 1.29 is 14.4 Å². The van der Waals surface area contributed by atoms with Gasteiger partial charge in [0.05, 0.1) is 33.3 Å². The monoisotopic (exact) mass is 365 g/mol. The first-order chi connectivity index (χ1) is 13.1. The number of amides is 1. The molecule has 1 heterocycles. The smallest absolute Gasteiger partial charge is 0.246 e. The predicted molar refractivity (Wildman–Crippen MR) is 109 cm³/mol. The van der Waals surface area contributed by atoms with E-state index in [0.717, 1.165) is 49.6 Å². The average Bonchev–Trinajstić information content (AvgIpc) is 2.68. The fourth-order valence-electron chi connectivity index (χ4n) is 3.55. The van der Waals surface area contributed by atoms with Crippen LogP contribution in [-0.4, -0.2) is 44.1 Å². The van der Waals surface area contributed by atoms with Gasteiger partial charge in [0.15, 0.2) is 0 Å². The van der Waals surface area contributed by atoms with Crippen LogP contribution in [0.1, 0.15) is 22.3 Å². The number of piperazine rings is 1. The first-order valence-electron chi connectivity index (χ1n) is 9.56. The van der Waals surface area contributed by atoms with E-state index >= 15 is 0 Å². The van der Waals surface area contributed by atoms with Gasteiger partial charge in [-0.25, -0.2) is 0 Å². The standard InChI is InChI=1S/C23H28N2O2/c1-18-8-10-22(27-3)20(16-18)9-11-23(26)25-14-12-24(13-15-25)17-21-7-5-4-6-19(21)2/h4-11,16H,12-15,17H2,1-3H3/p+1/b11-9+. The number of quaternary nitrogens is 1. The zero-order valence-electron chi connectivity index (χ0n) is 16.5. The highest BCUT2D eigenvalue weighted by atomic mass is 16.5. The van der Waals surface area contributed by atoms with Gasteiger partial charge in [0.2, 0.25) is 5.91 Å². The number of methoxy groups -OCH3 is 1. The lowest BCUT2D eigenvalue weighted by Crippen LogP contribution is -3.13. The summed E-state index contributed by atoms with van der Waals surface area (Å²) < 4.78 is 5.38. The third kappa shape index (κ3) is 4.98. The second-order valence-corrected chi connectivity index (χ2v) is 7.26. The van der Waals surface area contributed by atoms with E-state index in [-0.39, 0.29) is 5.91 Å². The fourth-order valence-corrected chi connectivity index (χ4v) is 3.55. The van der Waals surface area contributed by atoms with E-state index in [2.05, 4.69) is 31.2 Å². The quantitative estimate of drug-likeness (QED) is 0.825.